The third kappa shape index (κ3) is 6.56. The number of carboxylic acid groups (broad SMARTS) is 2. The summed E-state index contributed by atoms with van der Waals surface area (Å²) in [6, 6.07) is 1.93. The molecule has 2 aliphatic heterocycles. The van der Waals surface area contributed by atoms with Crippen molar-refractivity contribution in [2.75, 3.05) is 6.61 Å². The van der Waals surface area contributed by atoms with Gasteiger partial charge in [0.05, 0.1) is 29.4 Å². The molecule has 2 aromatic rings. The first-order valence-corrected chi connectivity index (χ1v) is 13.2. The molecule has 0 aliphatic carbocycles. The minimum atomic E-state index is -2.34. The summed E-state index contributed by atoms with van der Waals surface area (Å²) in [5.41, 5.74) is -2.05. The van der Waals surface area contributed by atoms with Crippen LogP contribution < -0.4 is 0 Å². The molecule has 4 rings (SSSR count). The number of carbonyl (C=O) groups is 5. The van der Waals surface area contributed by atoms with Crippen molar-refractivity contribution in [3.63, 3.8) is 0 Å². The summed E-state index contributed by atoms with van der Waals surface area (Å²) < 4.78 is 20.1. The highest BCUT2D eigenvalue weighted by atomic mass is 16.7. The Bertz CT molecular complexity index is 1590. The lowest BCUT2D eigenvalue weighted by molar-refractivity contribution is -0.286. The molecule has 1 saturated heterocycles. The summed E-state index contributed by atoms with van der Waals surface area (Å²) in [6.45, 7) is -1.08. The molecule has 47 heavy (non-hydrogen) atoms. The molecule has 0 bridgehead atoms. The number of hydrogen-bond acceptors (Lipinski definition) is 18. The SMILES string of the molecule is O=C(O)CC(C(=O)OC[C@H]1O[C@@H](OC(=O)c2cc(O)c(O)c(O)c2)[C@H](O)[C@@H](O)[C@@H]1O)[C@H]1c2c(cc(O)c(O)c2O)C(=O)O[C@@H]1C(=O)O. The van der Waals surface area contributed by atoms with E-state index in [4.69, 9.17) is 18.9 Å². The maximum atomic E-state index is 13.3. The average molecular weight is 670 g/mol. The minimum Gasteiger partial charge on any atom is -0.504 e. The molecule has 8 atom stereocenters. The van der Waals surface area contributed by atoms with Gasteiger partial charge in [0.25, 0.3) is 0 Å². The predicted octanol–water partition coefficient (Wildman–Crippen LogP) is -2.07. The smallest absolute Gasteiger partial charge is 0.345 e. The van der Waals surface area contributed by atoms with Gasteiger partial charge in [-0.2, -0.15) is 0 Å². The van der Waals surface area contributed by atoms with Crippen LogP contribution in [0.25, 0.3) is 0 Å². The third-order valence-electron chi connectivity index (χ3n) is 7.37. The first kappa shape index (κ1) is 34.3. The van der Waals surface area contributed by atoms with Crippen molar-refractivity contribution in [1.29, 1.82) is 0 Å². The van der Waals surface area contributed by atoms with Crippen molar-refractivity contribution in [3.05, 3.63) is 34.9 Å². The Morgan fingerprint density at radius 3 is 1.98 bits per heavy atom. The number of phenols is 6. The summed E-state index contributed by atoms with van der Waals surface area (Å²) >= 11 is 0. The molecule has 0 saturated carbocycles. The number of aliphatic carboxylic acids is 2. The highest BCUT2D eigenvalue weighted by Crippen LogP contribution is 2.49. The van der Waals surface area contributed by atoms with Gasteiger partial charge >= 0.3 is 29.8 Å². The van der Waals surface area contributed by atoms with Gasteiger partial charge in [0.15, 0.2) is 28.7 Å². The van der Waals surface area contributed by atoms with Crippen molar-refractivity contribution < 1.29 is 99.1 Å². The topological polar surface area (TPSA) is 345 Å². The molecule has 0 amide bonds. The van der Waals surface area contributed by atoms with E-state index in [1.165, 1.54) is 0 Å². The number of fused-ring (bicyclic) bond motifs is 1. The summed E-state index contributed by atoms with van der Waals surface area (Å²) in [7, 11) is 0. The fourth-order valence-electron chi connectivity index (χ4n) is 5.05. The molecule has 20 heteroatoms. The molecule has 0 aromatic heterocycles. The Morgan fingerprint density at radius 1 is 0.809 bits per heavy atom. The fourth-order valence-corrected chi connectivity index (χ4v) is 5.05. The first-order valence-electron chi connectivity index (χ1n) is 13.2. The number of hydrogen-bond donors (Lipinski definition) is 11. The van der Waals surface area contributed by atoms with Crippen molar-refractivity contribution in [3.8, 4) is 34.5 Å². The molecule has 2 heterocycles. The summed E-state index contributed by atoms with van der Waals surface area (Å²) in [5, 5.41) is 109. The fraction of sp³-hybridized carbons (Fsp3) is 0.370. The van der Waals surface area contributed by atoms with Gasteiger partial charge in [0.1, 0.15) is 31.0 Å². The van der Waals surface area contributed by atoms with Gasteiger partial charge in [-0.15, -0.1) is 0 Å². The van der Waals surface area contributed by atoms with Crippen molar-refractivity contribution in [1.82, 2.24) is 0 Å². The Labute approximate surface area is 260 Å². The quantitative estimate of drug-likeness (QED) is 0.0774. The Kier molecular flexibility index (Phi) is 9.52. The van der Waals surface area contributed by atoms with Crippen LogP contribution in [0.5, 0.6) is 34.5 Å². The zero-order chi connectivity index (χ0) is 35.1. The number of carbonyl (C=O) groups excluding carboxylic acids is 3. The molecule has 11 N–H and O–H groups in total. The number of aliphatic hydroxyl groups excluding tert-OH is 3. The lowest BCUT2D eigenvalue weighted by atomic mass is 9.76. The number of cyclic esters (lactones) is 1. The van der Waals surface area contributed by atoms with E-state index in [1.807, 2.05) is 0 Å². The molecule has 2 aromatic carbocycles. The van der Waals surface area contributed by atoms with E-state index in [0.29, 0.717) is 18.2 Å². The van der Waals surface area contributed by atoms with Gasteiger partial charge in [-0.05, 0) is 18.2 Å². The van der Waals surface area contributed by atoms with Crippen LogP contribution in [0.4, 0.5) is 0 Å². The number of carboxylic acids is 2. The Balaban J connectivity index is 1.60. The molecular formula is C27H26O20. The van der Waals surface area contributed by atoms with Crippen LogP contribution in [0, 0.1) is 5.92 Å². The second kappa shape index (κ2) is 13.0. The van der Waals surface area contributed by atoms with Crippen LogP contribution in [0.15, 0.2) is 18.2 Å². The summed E-state index contributed by atoms with van der Waals surface area (Å²) in [5.74, 6) is -18.5. The molecule has 20 nitrogen and oxygen atoms in total. The zero-order valence-electron chi connectivity index (χ0n) is 23.4. The summed E-state index contributed by atoms with van der Waals surface area (Å²) in [6.07, 6.45) is -13.8. The lowest BCUT2D eigenvalue weighted by Crippen LogP contribution is -2.59. The largest absolute Gasteiger partial charge is 0.504 e. The van der Waals surface area contributed by atoms with Crippen molar-refractivity contribution in [2.45, 2.75) is 49.1 Å². The second-order valence-corrected chi connectivity index (χ2v) is 10.4. The minimum absolute atomic E-state index is 0.572. The maximum absolute atomic E-state index is 13.3. The molecular weight excluding hydrogens is 644 g/mol. The van der Waals surface area contributed by atoms with Crippen LogP contribution in [0.1, 0.15) is 38.6 Å². The monoisotopic (exact) mass is 670 g/mol. The highest BCUT2D eigenvalue weighted by molar-refractivity contribution is 5.98. The van der Waals surface area contributed by atoms with Gasteiger partial charge < -0.3 is 75.1 Å². The van der Waals surface area contributed by atoms with E-state index < -0.39 is 143 Å². The van der Waals surface area contributed by atoms with Crippen LogP contribution in [-0.4, -0.2) is 129 Å². The second-order valence-electron chi connectivity index (χ2n) is 10.4. The van der Waals surface area contributed by atoms with Crippen molar-refractivity contribution >= 4 is 29.8 Å². The lowest BCUT2D eigenvalue weighted by Gasteiger charge is -2.40. The van der Waals surface area contributed by atoms with Gasteiger partial charge in [-0.25, -0.2) is 14.4 Å². The van der Waals surface area contributed by atoms with Crippen molar-refractivity contribution in [2.24, 2.45) is 5.92 Å². The Hall–Kier alpha value is -5.57. The van der Waals surface area contributed by atoms with E-state index in [2.05, 4.69) is 0 Å². The van der Waals surface area contributed by atoms with Crippen LogP contribution in [0.3, 0.4) is 0 Å². The molecule has 2 aliphatic rings. The number of benzene rings is 2. The van der Waals surface area contributed by atoms with E-state index >= 15 is 0 Å². The van der Waals surface area contributed by atoms with E-state index in [-0.39, 0.29) is 0 Å². The number of rotatable bonds is 9. The standard InChI is InChI=1S/C27H26O20/c28-9-1-6(2-10(29)16(9)33)24(41)47-27-21(38)20(37)18(35)12(45-27)5-44-25(42)8(4-13(31)32)15-14-7(3-11(30)17(34)19(14)36)26(43)46-22(15)23(39)40/h1-3,8,12,15,18,20-22,27-30,33-38H,4-5H2,(H,31,32)(H,39,40)/t8?,12-,15+,18-,20+,21-,22+,27+/m1/s1. The van der Waals surface area contributed by atoms with Gasteiger partial charge in [0.2, 0.25) is 18.1 Å². The van der Waals surface area contributed by atoms with Crippen LogP contribution in [0.2, 0.25) is 0 Å². The van der Waals surface area contributed by atoms with E-state index in [0.717, 1.165) is 0 Å². The highest BCUT2D eigenvalue weighted by Gasteiger charge is 2.51. The maximum Gasteiger partial charge on any atom is 0.345 e. The summed E-state index contributed by atoms with van der Waals surface area (Å²) in [4.78, 5) is 62.1. The number of aromatic hydroxyl groups is 6. The van der Waals surface area contributed by atoms with E-state index in [9.17, 15) is 80.1 Å². The first-order chi connectivity index (χ1) is 21.9. The molecule has 1 fully saturated rings. The number of phenolic OH excluding ortho intramolecular Hbond substituents is 6. The van der Waals surface area contributed by atoms with Gasteiger partial charge in [-0.1, -0.05) is 0 Å². The number of ether oxygens (including phenoxy) is 4. The molecule has 0 spiro atoms. The van der Waals surface area contributed by atoms with E-state index in [1.54, 1.807) is 0 Å². The van der Waals surface area contributed by atoms with Gasteiger partial charge in [0, 0.05) is 5.56 Å². The molecule has 254 valence electrons. The number of esters is 3. The normalized spacial score (nSPS) is 25.9. The third-order valence-corrected chi connectivity index (χ3v) is 7.37. The number of aliphatic hydroxyl groups is 3. The molecule has 1 unspecified atom stereocenters. The average Bonchev–Trinajstić information content (AvgIpc) is 3.00. The molecule has 0 radical (unpaired) electrons. The predicted molar refractivity (Wildman–Crippen MR) is 141 cm³/mol. The Morgan fingerprint density at radius 2 is 1.40 bits per heavy atom. The van der Waals surface area contributed by atoms with Crippen LogP contribution in [-0.2, 0) is 33.3 Å². The zero-order valence-corrected chi connectivity index (χ0v) is 23.4. The van der Waals surface area contributed by atoms with Gasteiger partial charge in [-0.3, -0.25) is 9.59 Å². The van der Waals surface area contributed by atoms with Crippen LogP contribution >= 0.6 is 0 Å².